The highest BCUT2D eigenvalue weighted by Gasteiger charge is 2.15. The maximum atomic E-state index is 5.82. The Bertz CT molecular complexity index is 377. The van der Waals surface area contributed by atoms with Gasteiger partial charge in [-0.1, -0.05) is 0 Å². The Morgan fingerprint density at radius 3 is 2.63 bits per heavy atom. The minimum atomic E-state index is 0.442. The Balaban J connectivity index is 1.85. The topological polar surface area (TPSA) is 24.3 Å². The zero-order valence-electron chi connectivity index (χ0n) is 12.1. The molecule has 0 amide bonds. The second-order valence-corrected chi connectivity index (χ2v) is 5.92. The van der Waals surface area contributed by atoms with E-state index in [1.165, 1.54) is 18.7 Å². The average Bonchev–Trinajstić information content (AvgIpc) is 2.73. The van der Waals surface area contributed by atoms with Crippen LogP contribution < -0.4 is 0 Å². The van der Waals surface area contributed by atoms with Crippen molar-refractivity contribution in [3.05, 3.63) is 18.0 Å². The van der Waals surface area contributed by atoms with Gasteiger partial charge < -0.3 is 4.90 Å². The molecule has 108 valence electrons. The van der Waals surface area contributed by atoms with E-state index >= 15 is 0 Å². The summed E-state index contributed by atoms with van der Waals surface area (Å²) in [4.78, 5) is 4.96. The summed E-state index contributed by atoms with van der Waals surface area (Å²) in [5.74, 6) is 0.735. The number of alkyl halides is 1. The van der Waals surface area contributed by atoms with E-state index in [2.05, 4.69) is 41.0 Å². The molecule has 0 bridgehead atoms. The molecule has 1 aromatic heterocycles. The summed E-state index contributed by atoms with van der Waals surface area (Å²) in [7, 11) is 0. The summed E-state index contributed by atoms with van der Waals surface area (Å²) < 4.78 is 2.03. The summed E-state index contributed by atoms with van der Waals surface area (Å²) in [5, 5.41) is 4.63. The fourth-order valence-corrected chi connectivity index (χ4v) is 2.74. The van der Waals surface area contributed by atoms with Crippen molar-refractivity contribution in [1.29, 1.82) is 0 Å². The summed E-state index contributed by atoms with van der Waals surface area (Å²) in [6.45, 7) is 10.9. The lowest BCUT2D eigenvalue weighted by Crippen LogP contribution is -2.31. The van der Waals surface area contributed by atoms with Crippen LogP contribution in [0.25, 0.3) is 0 Å². The van der Waals surface area contributed by atoms with Crippen molar-refractivity contribution < 1.29 is 0 Å². The lowest BCUT2D eigenvalue weighted by atomic mass is 10.3. The van der Waals surface area contributed by atoms with Gasteiger partial charge >= 0.3 is 0 Å². The number of hydrogen-bond acceptors (Lipinski definition) is 3. The molecule has 0 atom stereocenters. The van der Waals surface area contributed by atoms with E-state index in [1.54, 1.807) is 0 Å². The largest absolute Gasteiger partial charge is 0.301 e. The van der Waals surface area contributed by atoms with Gasteiger partial charge in [-0.25, -0.2) is 0 Å². The summed E-state index contributed by atoms with van der Waals surface area (Å²) in [6, 6.07) is 2.58. The number of rotatable bonds is 5. The van der Waals surface area contributed by atoms with Crippen molar-refractivity contribution >= 4 is 11.6 Å². The SMILES string of the molecule is CC(C)n1ccc(CN2CCCN(CCCl)CC2)n1. The first-order valence-corrected chi connectivity index (χ1v) is 7.77. The van der Waals surface area contributed by atoms with Gasteiger partial charge in [0.25, 0.3) is 0 Å². The molecule has 19 heavy (non-hydrogen) atoms. The van der Waals surface area contributed by atoms with Crippen LogP contribution in [0.3, 0.4) is 0 Å². The molecule has 1 fully saturated rings. The molecule has 2 rings (SSSR count). The monoisotopic (exact) mass is 284 g/mol. The molecule has 0 saturated carbocycles. The van der Waals surface area contributed by atoms with Crippen LogP contribution in [0.1, 0.15) is 32.0 Å². The van der Waals surface area contributed by atoms with Gasteiger partial charge in [-0.05, 0) is 39.4 Å². The van der Waals surface area contributed by atoms with Crippen molar-refractivity contribution in [2.45, 2.75) is 32.9 Å². The van der Waals surface area contributed by atoms with Gasteiger partial charge in [0, 0.05) is 44.3 Å². The van der Waals surface area contributed by atoms with Gasteiger partial charge in [-0.3, -0.25) is 9.58 Å². The molecule has 4 nitrogen and oxygen atoms in total. The molecule has 1 aromatic rings. The molecule has 5 heteroatoms. The number of nitrogens with zero attached hydrogens (tertiary/aromatic N) is 4. The fraction of sp³-hybridized carbons (Fsp3) is 0.786. The molecule has 0 aliphatic carbocycles. The van der Waals surface area contributed by atoms with Crippen molar-refractivity contribution in [1.82, 2.24) is 19.6 Å². The molecule has 0 radical (unpaired) electrons. The second-order valence-electron chi connectivity index (χ2n) is 5.54. The highest BCUT2D eigenvalue weighted by Crippen LogP contribution is 2.09. The standard InChI is InChI=1S/C14H25ClN4/c1-13(2)19-8-4-14(16-19)12-18-7-3-6-17(9-5-15)10-11-18/h4,8,13H,3,5-7,9-12H2,1-2H3. The first kappa shape index (κ1) is 14.8. The highest BCUT2D eigenvalue weighted by molar-refractivity contribution is 6.18. The van der Waals surface area contributed by atoms with Crippen molar-refractivity contribution in [3.63, 3.8) is 0 Å². The van der Waals surface area contributed by atoms with E-state index in [4.69, 9.17) is 11.6 Å². The zero-order valence-corrected chi connectivity index (χ0v) is 12.8. The van der Waals surface area contributed by atoms with Crippen LogP contribution in [0.15, 0.2) is 12.3 Å². The van der Waals surface area contributed by atoms with E-state index in [-0.39, 0.29) is 0 Å². The molecular weight excluding hydrogens is 260 g/mol. The van der Waals surface area contributed by atoms with Crippen LogP contribution in [0, 0.1) is 0 Å². The number of halogens is 1. The maximum absolute atomic E-state index is 5.82. The lowest BCUT2D eigenvalue weighted by Gasteiger charge is -2.20. The zero-order chi connectivity index (χ0) is 13.7. The Hall–Kier alpha value is -0.580. The molecular formula is C14H25ClN4. The van der Waals surface area contributed by atoms with Crippen molar-refractivity contribution in [3.8, 4) is 0 Å². The summed E-state index contributed by atoms with van der Waals surface area (Å²) in [6.07, 6.45) is 3.30. The minimum Gasteiger partial charge on any atom is -0.301 e. The smallest absolute Gasteiger partial charge is 0.0764 e. The molecule has 0 unspecified atom stereocenters. The Morgan fingerprint density at radius 1 is 1.21 bits per heavy atom. The quantitative estimate of drug-likeness (QED) is 0.775. The van der Waals surface area contributed by atoms with Gasteiger partial charge in [0.05, 0.1) is 5.69 Å². The van der Waals surface area contributed by atoms with Crippen LogP contribution in [0.5, 0.6) is 0 Å². The minimum absolute atomic E-state index is 0.442. The van der Waals surface area contributed by atoms with Crippen LogP contribution in [-0.2, 0) is 6.54 Å². The van der Waals surface area contributed by atoms with Crippen LogP contribution in [-0.4, -0.2) is 58.2 Å². The predicted octanol–water partition coefficient (Wildman–Crippen LogP) is 2.21. The normalized spacial score (nSPS) is 18.9. The van der Waals surface area contributed by atoms with Crippen LogP contribution in [0.4, 0.5) is 0 Å². The van der Waals surface area contributed by atoms with E-state index < -0.39 is 0 Å². The molecule has 0 N–H and O–H groups in total. The van der Waals surface area contributed by atoms with Gasteiger partial charge in [0.15, 0.2) is 0 Å². The molecule has 0 spiro atoms. The van der Waals surface area contributed by atoms with E-state index in [0.717, 1.165) is 38.6 Å². The third-order valence-corrected chi connectivity index (χ3v) is 3.83. The molecule has 1 saturated heterocycles. The summed E-state index contributed by atoms with van der Waals surface area (Å²) >= 11 is 5.82. The van der Waals surface area contributed by atoms with E-state index in [1.807, 2.05) is 4.68 Å². The molecule has 0 aromatic carbocycles. The Morgan fingerprint density at radius 2 is 1.95 bits per heavy atom. The highest BCUT2D eigenvalue weighted by atomic mass is 35.5. The van der Waals surface area contributed by atoms with Gasteiger partial charge in [0.1, 0.15) is 0 Å². The van der Waals surface area contributed by atoms with Crippen molar-refractivity contribution in [2.24, 2.45) is 0 Å². The second kappa shape index (κ2) is 7.27. The molecule has 1 aliphatic heterocycles. The van der Waals surface area contributed by atoms with Gasteiger partial charge in [-0.15, -0.1) is 11.6 Å². The number of hydrogen-bond donors (Lipinski definition) is 0. The lowest BCUT2D eigenvalue weighted by molar-refractivity contribution is 0.255. The first-order chi connectivity index (χ1) is 9.19. The third kappa shape index (κ3) is 4.48. The average molecular weight is 285 g/mol. The Labute approximate surface area is 121 Å². The van der Waals surface area contributed by atoms with Crippen molar-refractivity contribution in [2.75, 3.05) is 38.6 Å². The van der Waals surface area contributed by atoms with Gasteiger partial charge in [0.2, 0.25) is 0 Å². The Kier molecular flexibility index (Phi) is 5.67. The van der Waals surface area contributed by atoms with E-state index in [0.29, 0.717) is 6.04 Å². The molecule has 1 aliphatic rings. The first-order valence-electron chi connectivity index (χ1n) is 7.23. The van der Waals surface area contributed by atoms with Crippen LogP contribution >= 0.6 is 11.6 Å². The third-order valence-electron chi connectivity index (χ3n) is 3.66. The predicted molar refractivity (Wildman–Crippen MR) is 79.7 cm³/mol. The van der Waals surface area contributed by atoms with Gasteiger partial charge in [-0.2, -0.15) is 5.10 Å². The van der Waals surface area contributed by atoms with Crippen LogP contribution in [0.2, 0.25) is 0 Å². The fourth-order valence-electron chi connectivity index (χ4n) is 2.50. The number of aromatic nitrogens is 2. The molecule has 2 heterocycles. The maximum Gasteiger partial charge on any atom is 0.0764 e. The summed E-state index contributed by atoms with van der Waals surface area (Å²) in [5.41, 5.74) is 1.18. The van der Waals surface area contributed by atoms with E-state index in [9.17, 15) is 0 Å².